The van der Waals surface area contributed by atoms with Gasteiger partial charge in [0.05, 0.1) is 0 Å². The molecule has 4 rings (SSSR count). The summed E-state index contributed by atoms with van der Waals surface area (Å²) in [5.74, 6) is 3.25. The fraction of sp³-hybridized carbons (Fsp3) is 0.944. The van der Waals surface area contributed by atoms with Crippen LogP contribution in [-0.2, 0) is 4.79 Å². The van der Waals surface area contributed by atoms with Gasteiger partial charge in [-0.2, -0.15) is 0 Å². The fourth-order valence-electron chi connectivity index (χ4n) is 5.83. The summed E-state index contributed by atoms with van der Waals surface area (Å²) in [4.78, 5) is 15.0. The van der Waals surface area contributed by atoms with E-state index in [-0.39, 0.29) is 0 Å². The molecule has 2 nitrogen and oxygen atoms in total. The minimum atomic E-state index is 0.338. The number of amides is 1. The van der Waals surface area contributed by atoms with Gasteiger partial charge in [-0.3, -0.25) is 4.79 Å². The number of alkyl halides is 1. The summed E-state index contributed by atoms with van der Waals surface area (Å²) in [7, 11) is 0. The lowest BCUT2D eigenvalue weighted by atomic mass is 9.49. The van der Waals surface area contributed by atoms with Crippen LogP contribution in [0.1, 0.15) is 65.2 Å². The molecule has 4 aliphatic carbocycles. The van der Waals surface area contributed by atoms with Crippen molar-refractivity contribution in [1.29, 1.82) is 0 Å². The first kappa shape index (κ1) is 15.8. The predicted molar refractivity (Wildman–Crippen MR) is 90.5 cm³/mol. The topological polar surface area (TPSA) is 20.3 Å². The molecule has 0 N–H and O–H groups in total. The van der Waals surface area contributed by atoms with Crippen LogP contribution in [0.25, 0.3) is 0 Å². The quantitative estimate of drug-likeness (QED) is 0.636. The first-order chi connectivity index (χ1) is 10.0. The molecule has 0 aliphatic heterocycles. The minimum Gasteiger partial charge on any atom is -0.340 e. The van der Waals surface area contributed by atoms with Crippen molar-refractivity contribution in [2.45, 2.75) is 71.3 Å². The molecule has 0 heterocycles. The van der Waals surface area contributed by atoms with Crippen LogP contribution in [0.2, 0.25) is 0 Å². The van der Waals surface area contributed by atoms with Crippen molar-refractivity contribution >= 4 is 21.8 Å². The number of hydrogen-bond donors (Lipinski definition) is 0. The van der Waals surface area contributed by atoms with Crippen LogP contribution in [-0.4, -0.2) is 28.7 Å². The van der Waals surface area contributed by atoms with Gasteiger partial charge in [0.2, 0.25) is 5.91 Å². The smallest absolute Gasteiger partial charge is 0.223 e. The SMILES string of the molecule is CC(C)N(CCCBr)C(=O)CC12CC3CC(CC(C3)C1)C2. The number of carbonyl (C=O) groups is 1. The van der Waals surface area contributed by atoms with E-state index >= 15 is 0 Å². The van der Waals surface area contributed by atoms with Crippen LogP contribution >= 0.6 is 15.9 Å². The van der Waals surface area contributed by atoms with Gasteiger partial charge in [-0.25, -0.2) is 0 Å². The van der Waals surface area contributed by atoms with E-state index in [4.69, 9.17) is 0 Å². The first-order valence-electron chi connectivity index (χ1n) is 8.87. The number of nitrogens with zero attached hydrogens (tertiary/aromatic N) is 1. The summed E-state index contributed by atoms with van der Waals surface area (Å²) >= 11 is 3.49. The van der Waals surface area contributed by atoms with Crippen LogP contribution in [0.15, 0.2) is 0 Å². The Morgan fingerprint density at radius 1 is 1.14 bits per heavy atom. The van der Waals surface area contributed by atoms with Gasteiger partial charge in [0.15, 0.2) is 0 Å². The Bertz CT molecular complexity index is 357. The molecule has 0 unspecified atom stereocenters. The van der Waals surface area contributed by atoms with Gasteiger partial charge in [-0.15, -0.1) is 0 Å². The van der Waals surface area contributed by atoms with Crippen LogP contribution in [0.5, 0.6) is 0 Å². The van der Waals surface area contributed by atoms with E-state index in [1.165, 1.54) is 38.5 Å². The maximum absolute atomic E-state index is 12.9. The molecule has 1 amide bonds. The van der Waals surface area contributed by atoms with Crippen molar-refractivity contribution in [3.05, 3.63) is 0 Å². The van der Waals surface area contributed by atoms with Crippen molar-refractivity contribution in [2.24, 2.45) is 23.2 Å². The van der Waals surface area contributed by atoms with Crippen molar-refractivity contribution in [2.75, 3.05) is 11.9 Å². The second-order valence-corrected chi connectivity index (χ2v) is 9.11. The van der Waals surface area contributed by atoms with Gasteiger partial charge < -0.3 is 4.90 Å². The zero-order valence-electron chi connectivity index (χ0n) is 13.6. The van der Waals surface area contributed by atoms with Gasteiger partial charge in [0, 0.05) is 24.3 Å². The molecule has 0 atom stereocenters. The highest BCUT2D eigenvalue weighted by atomic mass is 79.9. The highest BCUT2D eigenvalue weighted by Crippen LogP contribution is 2.61. The molecule has 0 aromatic carbocycles. The maximum atomic E-state index is 12.9. The number of hydrogen-bond acceptors (Lipinski definition) is 1. The van der Waals surface area contributed by atoms with Gasteiger partial charge in [-0.05, 0) is 82.0 Å². The highest BCUT2D eigenvalue weighted by molar-refractivity contribution is 9.09. The second-order valence-electron chi connectivity index (χ2n) is 8.32. The molecule has 4 aliphatic rings. The Kier molecular flexibility index (Phi) is 4.69. The molecule has 4 saturated carbocycles. The van der Waals surface area contributed by atoms with Gasteiger partial charge in [-0.1, -0.05) is 15.9 Å². The van der Waals surface area contributed by atoms with Gasteiger partial charge >= 0.3 is 0 Å². The normalized spacial score (nSPS) is 37.2. The molecule has 21 heavy (non-hydrogen) atoms. The molecule has 0 saturated heterocycles. The van der Waals surface area contributed by atoms with Gasteiger partial charge in [0.25, 0.3) is 0 Å². The molecule has 4 fully saturated rings. The number of halogens is 1. The zero-order chi connectivity index (χ0) is 15.0. The van der Waals surface area contributed by atoms with Crippen LogP contribution in [0.3, 0.4) is 0 Å². The number of carbonyl (C=O) groups excluding carboxylic acids is 1. The average molecular weight is 356 g/mol. The largest absolute Gasteiger partial charge is 0.340 e. The molecule has 3 heteroatoms. The van der Waals surface area contributed by atoms with Crippen LogP contribution in [0, 0.1) is 23.2 Å². The Balaban J connectivity index is 1.66. The predicted octanol–water partition coefficient (Wildman–Crippen LogP) is 4.61. The van der Waals surface area contributed by atoms with E-state index in [1.807, 2.05) is 0 Å². The van der Waals surface area contributed by atoms with Crippen molar-refractivity contribution < 1.29 is 4.79 Å². The lowest BCUT2D eigenvalue weighted by Gasteiger charge is -2.57. The monoisotopic (exact) mass is 355 g/mol. The van der Waals surface area contributed by atoms with E-state index in [9.17, 15) is 4.79 Å². The van der Waals surface area contributed by atoms with Crippen LogP contribution in [0.4, 0.5) is 0 Å². The Labute approximate surface area is 138 Å². The first-order valence-corrected chi connectivity index (χ1v) is 9.99. The molecule has 0 spiro atoms. The molecule has 120 valence electrons. The summed E-state index contributed by atoms with van der Waals surface area (Å²) in [6, 6.07) is 0.338. The van der Waals surface area contributed by atoms with E-state index in [2.05, 4.69) is 34.7 Å². The third kappa shape index (κ3) is 3.33. The summed E-state index contributed by atoms with van der Waals surface area (Å²) in [6.45, 7) is 5.23. The van der Waals surface area contributed by atoms with E-state index in [0.717, 1.165) is 42.5 Å². The fourth-order valence-corrected chi connectivity index (χ4v) is 6.08. The Morgan fingerprint density at radius 3 is 2.10 bits per heavy atom. The summed E-state index contributed by atoms with van der Waals surface area (Å²) in [6.07, 6.45) is 10.3. The van der Waals surface area contributed by atoms with E-state index in [0.29, 0.717) is 17.4 Å². The van der Waals surface area contributed by atoms with Crippen molar-refractivity contribution in [3.63, 3.8) is 0 Å². The van der Waals surface area contributed by atoms with Crippen molar-refractivity contribution in [1.82, 2.24) is 4.90 Å². The molecular weight excluding hydrogens is 326 g/mol. The third-order valence-electron chi connectivity index (χ3n) is 6.17. The molecule has 4 bridgehead atoms. The molecule has 0 aromatic rings. The van der Waals surface area contributed by atoms with E-state index < -0.39 is 0 Å². The highest BCUT2D eigenvalue weighted by Gasteiger charge is 2.51. The third-order valence-corrected chi connectivity index (χ3v) is 6.73. The van der Waals surface area contributed by atoms with Crippen molar-refractivity contribution in [3.8, 4) is 0 Å². The zero-order valence-corrected chi connectivity index (χ0v) is 15.2. The lowest BCUT2D eigenvalue weighted by Crippen LogP contribution is -2.49. The minimum absolute atomic E-state index is 0.338. The summed E-state index contributed by atoms with van der Waals surface area (Å²) in [5.41, 5.74) is 0.382. The molecule has 0 radical (unpaired) electrons. The Hall–Kier alpha value is -0.0500. The van der Waals surface area contributed by atoms with Crippen LogP contribution < -0.4 is 0 Å². The second kappa shape index (κ2) is 6.22. The summed E-state index contributed by atoms with van der Waals surface area (Å²) < 4.78 is 0. The summed E-state index contributed by atoms with van der Waals surface area (Å²) in [5, 5.41) is 0.987. The van der Waals surface area contributed by atoms with E-state index in [1.54, 1.807) is 0 Å². The average Bonchev–Trinajstić information content (AvgIpc) is 2.36. The standard InChI is InChI=1S/C18H30BrNO/c1-13(2)20(5-3-4-19)17(21)12-18-9-14-6-15(10-18)8-16(7-14)11-18/h13-16H,3-12H2,1-2H3. The van der Waals surface area contributed by atoms with Gasteiger partial charge in [0.1, 0.15) is 0 Å². The Morgan fingerprint density at radius 2 is 1.67 bits per heavy atom. The maximum Gasteiger partial charge on any atom is 0.223 e. The molecule has 0 aromatic heterocycles. The number of rotatable bonds is 6. The lowest BCUT2D eigenvalue weighted by molar-refractivity contribution is -0.141. The molecular formula is C18H30BrNO.